The highest BCUT2D eigenvalue weighted by atomic mass is 32.1. The van der Waals surface area contributed by atoms with Gasteiger partial charge in [-0.1, -0.05) is 24.6 Å². The van der Waals surface area contributed by atoms with Gasteiger partial charge < -0.3 is 10.2 Å². The Hall–Kier alpha value is -2.14. The topological polar surface area (TPSA) is 49.4 Å². The second kappa shape index (κ2) is 7.47. The van der Waals surface area contributed by atoms with E-state index in [1.54, 1.807) is 11.3 Å². The zero-order chi connectivity index (χ0) is 19.0. The molecular formula is C22H26N2O2S. The van der Waals surface area contributed by atoms with Crippen LogP contribution < -0.4 is 5.32 Å². The van der Waals surface area contributed by atoms with E-state index in [0.717, 1.165) is 61.3 Å². The van der Waals surface area contributed by atoms with Crippen molar-refractivity contribution in [3.05, 3.63) is 51.4 Å². The second-order valence-electron chi connectivity index (χ2n) is 7.88. The molecule has 0 unspecified atom stereocenters. The fourth-order valence-electron chi connectivity index (χ4n) is 4.02. The Bertz CT molecular complexity index is 863. The first kappa shape index (κ1) is 18.2. The molecule has 0 radical (unpaired) electrons. The number of likely N-dealkylation sites (tertiary alicyclic amines) is 1. The van der Waals surface area contributed by atoms with Crippen LogP contribution in [0.15, 0.2) is 24.3 Å². The van der Waals surface area contributed by atoms with Crippen molar-refractivity contribution in [2.24, 2.45) is 5.92 Å². The predicted molar refractivity (Wildman–Crippen MR) is 110 cm³/mol. The number of nitrogens with zero attached hydrogens (tertiary/aromatic N) is 1. The maximum atomic E-state index is 13.2. The summed E-state index contributed by atoms with van der Waals surface area (Å²) in [6, 6.07) is 7.54. The molecule has 1 saturated heterocycles. The molecule has 0 bridgehead atoms. The van der Waals surface area contributed by atoms with Crippen LogP contribution in [-0.4, -0.2) is 29.8 Å². The number of hydrogen-bond donors (Lipinski definition) is 1. The first-order chi connectivity index (χ1) is 13.0. The molecular weight excluding hydrogens is 356 g/mol. The third-order valence-electron chi connectivity index (χ3n) is 5.66. The zero-order valence-corrected chi connectivity index (χ0v) is 16.8. The Morgan fingerprint density at radius 3 is 2.56 bits per heavy atom. The predicted octanol–water partition coefficient (Wildman–Crippen LogP) is 4.67. The summed E-state index contributed by atoms with van der Waals surface area (Å²) in [5.41, 5.74) is 3.68. The number of thiophene rings is 1. The van der Waals surface area contributed by atoms with E-state index < -0.39 is 0 Å². The van der Waals surface area contributed by atoms with Gasteiger partial charge in [-0.3, -0.25) is 9.59 Å². The van der Waals surface area contributed by atoms with Gasteiger partial charge in [-0.15, -0.1) is 11.3 Å². The van der Waals surface area contributed by atoms with Gasteiger partial charge >= 0.3 is 0 Å². The molecule has 142 valence electrons. The summed E-state index contributed by atoms with van der Waals surface area (Å²) in [7, 11) is 0. The van der Waals surface area contributed by atoms with Crippen LogP contribution in [0.5, 0.6) is 0 Å². The van der Waals surface area contributed by atoms with Gasteiger partial charge in [0, 0.05) is 23.5 Å². The first-order valence-electron chi connectivity index (χ1n) is 9.84. The molecule has 1 fully saturated rings. The third kappa shape index (κ3) is 3.65. The molecule has 1 aromatic heterocycles. The van der Waals surface area contributed by atoms with E-state index in [2.05, 4.69) is 12.2 Å². The van der Waals surface area contributed by atoms with E-state index in [1.165, 1.54) is 10.4 Å². The quantitative estimate of drug-likeness (QED) is 0.839. The molecule has 2 amide bonds. The number of hydrogen-bond acceptors (Lipinski definition) is 3. The molecule has 2 aromatic rings. The summed E-state index contributed by atoms with van der Waals surface area (Å²) < 4.78 is 0. The zero-order valence-electron chi connectivity index (χ0n) is 16.0. The standard InChI is InChI=1S/C22H26N2O2S/c1-14-5-8-16(9-6-14)20(25)23-21-19(22(26)24-11-3-4-12-24)17-10-7-15(2)13-18(17)27-21/h5-6,8-9,15H,3-4,7,10-13H2,1-2H3,(H,23,25)/t15-/m0/s1. The lowest BCUT2D eigenvalue weighted by atomic mass is 9.88. The van der Waals surface area contributed by atoms with E-state index in [4.69, 9.17) is 0 Å². The van der Waals surface area contributed by atoms with Crippen LogP contribution in [-0.2, 0) is 12.8 Å². The Balaban J connectivity index is 1.67. The molecule has 1 atom stereocenters. The number of aryl methyl sites for hydroxylation is 1. The Kier molecular flexibility index (Phi) is 5.04. The third-order valence-corrected chi connectivity index (χ3v) is 6.83. The van der Waals surface area contributed by atoms with Crippen LogP contribution in [0.1, 0.15) is 62.9 Å². The minimum absolute atomic E-state index is 0.0961. The fourth-order valence-corrected chi connectivity index (χ4v) is 5.42. The number of fused-ring (bicyclic) bond motifs is 1. The summed E-state index contributed by atoms with van der Waals surface area (Å²) >= 11 is 1.60. The van der Waals surface area contributed by atoms with E-state index >= 15 is 0 Å². The number of carbonyl (C=O) groups is 2. The smallest absolute Gasteiger partial charge is 0.257 e. The van der Waals surface area contributed by atoms with E-state index in [9.17, 15) is 9.59 Å². The molecule has 2 heterocycles. The molecule has 0 saturated carbocycles. The number of nitrogens with one attached hydrogen (secondary N) is 1. The van der Waals surface area contributed by atoms with Crippen molar-refractivity contribution < 1.29 is 9.59 Å². The summed E-state index contributed by atoms with van der Waals surface area (Å²) in [5, 5.41) is 3.79. The van der Waals surface area contributed by atoms with Gasteiger partial charge in [0.15, 0.2) is 0 Å². The minimum atomic E-state index is -0.142. The van der Waals surface area contributed by atoms with Gasteiger partial charge in [0.2, 0.25) is 0 Å². The van der Waals surface area contributed by atoms with Crippen molar-refractivity contribution in [2.75, 3.05) is 18.4 Å². The van der Waals surface area contributed by atoms with Crippen LogP contribution in [0.3, 0.4) is 0 Å². The number of rotatable bonds is 3. The van der Waals surface area contributed by atoms with Gasteiger partial charge in [-0.05, 0) is 62.6 Å². The lowest BCUT2D eigenvalue weighted by Gasteiger charge is -2.21. The first-order valence-corrected chi connectivity index (χ1v) is 10.7. The van der Waals surface area contributed by atoms with Gasteiger partial charge in [-0.25, -0.2) is 0 Å². The number of carbonyl (C=O) groups excluding carboxylic acids is 2. The van der Waals surface area contributed by atoms with Crippen LogP contribution in [0.2, 0.25) is 0 Å². The van der Waals surface area contributed by atoms with Gasteiger partial charge in [0.05, 0.1) is 5.56 Å². The van der Waals surface area contributed by atoms with Crippen LogP contribution >= 0.6 is 11.3 Å². The summed E-state index contributed by atoms with van der Waals surface area (Å²) in [6.45, 7) is 5.91. The minimum Gasteiger partial charge on any atom is -0.339 e. The van der Waals surface area contributed by atoms with Crippen LogP contribution in [0.25, 0.3) is 0 Å². The fraction of sp³-hybridized carbons (Fsp3) is 0.455. The average molecular weight is 383 g/mol. The van der Waals surface area contributed by atoms with Gasteiger partial charge in [0.25, 0.3) is 11.8 Å². The molecule has 27 heavy (non-hydrogen) atoms. The van der Waals surface area contributed by atoms with E-state index in [0.29, 0.717) is 11.5 Å². The highest BCUT2D eigenvalue weighted by Crippen LogP contribution is 2.40. The Morgan fingerprint density at radius 1 is 1.15 bits per heavy atom. The van der Waals surface area contributed by atoms with Crippen molar-refractivity contribution in [1.29, 1.82) is 0 Å². The summed E-state index contributed by atoms with van der Waals surface area (Å²) in [6.07, 6.45) is 5.18. The lowest BCUT2D eigenvalue weighted by molar-refractivity contribution is 0.0793. The maximum Gasteiger partial charge on any atom is 0.257 e. The molecule has 1 aromatic carbocycles. The molecule has 0 spiro atoms. The molecule has 4 nitrogen and oxygen atoms in total. The highest BCUT2D eigenvalue weighted by molar-refractivity contribution is 7.17. The largest absolute Gasteiger partial charge is 0.339 e. The van der Waals surface area contributed by atoms with Crippen molar-refractivity contribution in [2.45, 2.75) is 46.0 Å². The van der Waals surface area contributed by atoms with Crippen molar-refractivity contribution in [3.8, 4) is 0 Å². The highest BCUT2D eigenvalue weighted by Gasteiger charge is 2.31. The number of amides is 2. The van der Waals surface area contributed by atoms with Crippen molar-refractivity contribution in [1.82, 2.24) is 4.90 Å². The van der Waals surface area contributed by atoms with E-state index in [1.807, 2.05) is 36.1 Å². The van der Waals surface area contributed by atoms with Gasteiger partial charge in [-0.2, -0.15) is 0 Å². The van der Waals surface area contributed by atoms with Crippen LogP contribution in [0, 0.1) is 12.8 Å². The maximum absolute atomic E-state index is 13.2. The Morgan fingerprint density at radius 2 is 1.85 bits per heavy atom. The monoisotopic (exact) mass is 382 g/mol. The lowest BCUT2D eigenvalue weighted by Crippen LogP contribution is -2.29. The molecule has 5 heteroatoms. The van der Waals surface area contributed by atoms with E-state index in [-0.39, 0.29) is 11.8 Å². The summed E-state index contributed by atoms with van der Waals surface area (Å²) in [5.74, 6) is 0.586. The Labute approximate surface area is 164 Å². The molecule has 1 N–H and O–H groups in total. The SMILES string of the molecule is Cc1ccc(C(=O)Nc2sc3c(c2C(=O)N2CCCC2)CC[C@H](C)C3)cc1. The number of benzene rings is 1. The number of anilines is 1. The van der Waals surface area contributed by atoms with Crippen LogP contribution in [0.4, 0.5) is 5.00 Å². The van der Waals surface area contributed by atoms with Gasteiger partial charge in [0.1, 0.15) is 5.00 Å². The molecule has 1 aliphatic carbocycles. The molecule has 4 rings (SSSR count). The van der Waals surface area contributed by atoms with Crippen molar-refractivity contribution in [3.63, 3.8) is 0 Å². The normalized spacial score (nSPS) is 19.0. The second-order valence-corrected chi connectivity index (χ2v) is 8.98. The average Bonchev–Trinajstić information content (AvgIpc) is 3.29. The molecule has 2 aliphatic rings. The van der Waals surface area contributed by atoms with Crippen molar-refractivity contribution >= 4 is 28.2 Å². The summed E-state index contributed by atoms with van der Waals surface area (Å²) in [4.78, 5) is 29.2. The molecule has 1 aliphatic heterocycles.